The lowest BCUT2D eigenvalue weighted by molar-refractivity contribution is -0.129. The van der Waals surface area contributed by atoms with E-state index in [4.69, 9.17) is 11.6 Å². The Balaban J connectivity index is 2.08. The van der Waals surface area contributed by atoms with Crippen molar-refractivity contribution in [1.29, 1.82) is 0 Å². The van der Waals surface area contributed by atoms with Crippen molar-refractivity contribution in [2.24, 2.45) is 5.92 Å². The largest absolute Gasteiger partial charge is 0.339 e. The highest BCUT2D eigenvalue weighted by molar-refractivity contribution is 6.34. The Hall–Kier alpha value is -2.08. The second-order valence-corrected chi connectivity index (χ2v) is 6.31. The molecule has 0 radical (unpaired) electrons. The number of halogens is 1. The highest BCUT2D eigenvalue weighted by Crippen LogP contribution is 2.28. The van der Waals surface area contributed by atoms with Gasteiger partial charge in [-0.05, 0) is 32.0 Å². The van der Waals surface area contributed by atoms with Crippen molar-refractivity contribution in [1.82, 2.24) is 4.90 Å². The van der Waals surface area contributed by atoms with Crippen LogP contribution >= 0.6 is 11.6 Å². The van der Waals surface area contributed by atoms with Gasteiger partial charge in [0.05, 0.1) is 16.6 Å². The number of hydrogen-bond acceptors (Lipinski definition) is 3. The van der Waals surface area contributed by atoms with Gasteiger partial charge in [0.2, 0.25) is 17.7 Å². The van der Waals surface area contributed by atoms with E-state index in [0.29, 0.717) is 22.9 Å². The van der Waals surface area contributed by atoms with E-state index in [1.165, 1.54) is 6.92 Å². The maximum absolute atomic E-state index is 12.4. The number of nitrogens with zero attached hydrogens (tertiary/aromatic N) is 1. The summed E-state index contributed by atoms with van der Waals surface area (Å²) >= 11 is 6.09. The van der Waals surface area contributed by atoms with Crippen molar-refractivity contribution < 1.29 is 14.4 Å². The number of hydrogen-bond donors (Lipinski definition) is 2. The molecule has 0 aromatic heterocycles. The summed E-state index contributed by atoms with van der Waals surface area (Å²) in [6.07, 6.45) is 0.201. The number of anilines is 2. The van der Waals surface area contributed by atoms with Crippen LogP contribution in [0.15, 0.2) is 18.2 Å². The molecule has 1 aromatic carbocycles. The molecular formula is C16H20ClN3O3. The fourth-order valence-corrected chi connectivity index (χ4v) is 2.71. The second kappa shape index (κ2) is 7.00. The predicted octanol–water partition coefficient (Wildman–Crippen LogP) is 2.49. The Bertz CT molecular complexity index is 645. The van der Waals surface area contributed by atoms with Gasteiger partial charge >= 0.3 is 0 Å². The first-order valence-corrected chi connectivity index (χ1v) is 7.83. The number of likely N-dealkylation sites (tertiary alicyclic amines) is 1. The molecule has 0 aliphatic carbocycles. The minimum atomic E-state index is -0.398. The van der Waals surface area contributed by atoms with Crippen molar-refractivity contribution in [2.45, 2.75) is 33.2 Å². The minimum absolute atomic E-state index is 0.0155. The van der Waals surface area contributed by atoms with Gasteiger partial charge in [0, 0.05) is 31.6 Å². The summed E-state index contributed by atoms with van der Waals surface area (Å²) in [6, 6.07) is 4.92. The van der Waals surface area contributed by atoms with E-state index in [1.807, 2.05) is 13.8 Å². The van der Waals surface area contributed by atoms with E-state index in [-0.39, 0.29) is 30.2 Å². The fourth-order valence-electron chi connectivity index (χ4n) is 2.54. The van der Waals surface area contributed by atoms with Crippen LogP contribution in [0.4, 0.5) is 11.4 Å². The highest BCUT2D eigenvalue weighted by Gasteiger charge is 2.35. The predicted molar refractivity (Wildman–Crippen MR) is 89.3 cm³/mol. The van der Waals surface area contributed by atoms with Gasteiger partial charge in [-0.25, -0.2) is 0 Å². The molecular weight excluding hydrogens is 318 g/mol. The Morgan fingerprint density at radius 3 is 2.57 bits per heavy atom. The van der Waals surface area contributed by atoms with E-state index in [0.717, 1.165) is 0 Å². The van der Waals surface area contributed by atoms with Gasteiger partial charge < -0.3 is 15.5 Å². The molecule has 1 unspecified atom stereocenters. The first kappa shape index (κ1) is 17.3. The fraction of sp³-hybridized carbons (Fsp3) is 0.438. The molecule has 124 valence electrons. The SMILES string of the molecule is CC(=O)Nc1ccc(Cl)c(NC(=O)C2CC(=O)N(C(C)C)C2)c1. The molecule has 6 nitrogen and oxygen atoms in total. The van der Waals surface area contributed by atoms with Gasteiger partial charge in [-0.15, -0.1) is 0 Å². The Morgan fingerprint density at radius 2 is 2.00 bits per heavy atom. The van der Waals surface area contributed by atoms with Crippen molar-refractivity contribution >= 4 is 40.7 Å². The van der Waals surface area contributed by atoms with Crippen LogP contribution < -0.4 is 10.6 Å². The van der Waals surface area contributed by atoms with Crippen LogP contribution in [0.3, 0.4) is 0 Å². The topological polar surface area (TPSA) is 78.5 Å². The summed E-state index contributed by atoms with van der Waals surface area (Å²) in [5.41, 5.74) is 0.960. The van der Waals surface area contributed by atoms with Gasteiger partial charge in [-0.2, -0.15) is 0 Å². The van der Waals surface area contributed by atoms with Crippen molar-refractivity contribution in [2.75, 3.05) is 17.2 Å². The molecule has 3 amide bonds. The molecule has 2 N–H and O–H groups in total. The van der Waals surface area contributed by atoms with Crippen LogP contribution in [-0.2, 0) is 14.4 Å². The zero-order valence-corrected chi connectivity index (χ0v) is 14.1. The van der Waals surface area contributed by atoms with Gasteiger partial charge in [-0.3, -0.25) is 14.4 Å². The molecule has 0 spiro atoms. The van der Waals surface area contributed by atoms with Crippen LogP contribution in [-0.4, -0.2) is 35.2 Å². The van der Waals surface area contributed by atoms with E-state index in [1.54, 1.807) is 23.1 Å². The summed E-state index contributed by atoms with van der Waals surface area (Å²) in [5.74, 6) is -0.870. The molecule has 0 saturated carbocycles. The molecule has 1 heterocycles. The highest BCUT2D eigenvalue weighted by atomic mass is 35.5. The summed E-state index contributed by atoms with van der Waals surface area (Å²) in [4.78, 5) is 37.1. The lowest BCUT2D eigenvalue weighted by Gasteiger charge is -2.20. The number of benzene rings is 1. The van der Waals surface area contributed by atoms with Crippen LogP contribution in [0.1, 0.15) is 27.2 Å². The average molecular weight is 338 g/mol. The number of carbonyl (C=O) groups excluding carboxylic acids is 3. The van der Waals surface area contributed by atoms with Gasteiger partial charge in [0.15, 0.2) is 0 Å². The van der Waals surface area contributed by atoms with Crippen LogP contribution in [0.5, 0.6) is 0 Å². The maximum atomic E-state index is 12.4. The molecule has 1 aromatic rings. The minimum Gasteiger partial charge on any atom is -0.339 e. The average Bonchev–Trinajstić information content (AvgIpc) is 2.84. The standard InChI is InChI=1S/C16H20ClN3O3/c1-9(2)20-8-11(6-15(20)22)16(23)19-14-7-12(18-10(3)21)4-5-13(14)17/h4-5,7,9,11H,6,8H2,1-3H3,(H,18,21)(H,19,23). The van der Waals surface area contributed by atoms with Gasteiger partial charge in [0.25, 0.3) is 0 Å². The monoisotopic (exact) mass is 337 g/mol. The molecule has 1 fully saturated rings. The van der Waals surface area contributed by atoms with Gasteiger partial charge in [-0.1, -0.05) is 11.6 Å². The summed E-state index contributed by atoms with van der Waals surface area (Å²) in [6.45, 7) is 5.65. The summed E-state index contributed by atoms with van der Waals surface area (Å²) < 4.78 is 0. The molecule has 7 heteroatoms. The number of rotatable bonds is 4. The first-order chi connectivity index (χ1) is 10.8. The van der Waals surface area contributed by atoms with Crippen LogP contribution in [0, 0.1) is 5.92 Å². The zero-order valence-electron chi connectivity index (χ0n) is 13.4. The Kier molecular flexibility index (Phi) is 5.26. The normalized spacial score (nSPS) is 17.5. The van der Waals surface area contributed by atoms with Crippen molar-refractivity contribution in [3.63, 3.8) is 0 Å². The zero-order chi connectivity index (χ0) is 17.1. The molecule has 1 saturated heterocycles. The van der Waals surface area contributed by atoms with Crippen LogP contribution in [0.25, 0.3) is 0 Å². The maximum Gasteiger partial charge on any atom is 0.229 e. The van der Waals surface area contributed by atoms with Crippen molar-refractivity contribution in [3.05, 3.63) is 23.2 Å². The third-order valence-electron chi connectivity index (χ3n) is 3.70. The second-order valence-electron chi connectivity index (χ2n) is 5.91. The number of nitrogens with one attached hydrogen (secondary N) is 2. The smallest absolute Gasteiger partial charge is 0.229 e. The van der Waals surface area contributed by atoms with Crippen LogP contribution in [0.2, 0.25) is 5.02 Å². The molecule has 1 aliphatic heterocycles. The lowest BCUT2D eigenvalue weighted by atomic mass is 10.1. The Morgan fingerprint density at radius 1 is 1.30 bits per heavy atom. The third-order valence-corrected chi connectivity index (χ3v) is 4.03. The lowest BCUT2D eigenvalue weighted by Crippen LogP contribution is -2.33. The van der Waals surface area contributed by atoms with E-state index in [9.17, 15) is 14.4 Å². The molecule has 1 atom stereocenters. The number of carbonyl (C=O) groups is 3. The third kappa shape index (κ3) is 4.22. The van der Waals surface area contributed by atoms with E-state index >= 15 is 0 Å². The summed E-state index contributed by atoms with van der Waals surface area (Å²) in [7, 11) is 0. The molecule has 0 bridgehead atoms. The van der Waals surface area contributed by atoms with Gasteiger partial charge in [0.1, 0.15) is 0 Å². The molecule has 23 heavy (non-hydrogen) atoms. The quantitative estimate of drug-likeness (QED) is 0.886. The Labute approximate surface area is 140 Å². The van der Waals surface area contributed by atoms with E-state index < -0.39 is 5.92 Å². The molecule has 2 rings (SSSR count). The van der Waals surface area contributed by atoms with Crippen molar-refractivity contribution in [3.8, 4) is 0 Å². The number of amides is 3. The first-order valence-electron chi connectivity index (χ1n) is 7.45. The summed E-state index contributed by atoms with van der Waals surface area (Å²) in [5, 5.41) is 5.75. The molecule has 1 aliphatic rings. The van der Waals surface area contributed by atoms with E-state index in [2.05, 4.69) is 10.6 Å².